The second-order valence-corrected chi connectivity index (χ2v) is 6.99. The molecule has 3 nitrogen and oxygen atoms in total. The Morgan fingerprint density at radius 3 is 2.17 bits per heavy atom. The third kappa shape index (κ3) is 4.46. The molecule has 0 fully saturated rings. The fourth-order valence-electron chi connectivity index (χ4n) is 3.36. The molecule has 0 radical (unpaired) electrons. The summed E-state index contributed by atoms with van der Waals surface area (Å²) in [5.41, 5.74) is 4.37. The molecular formula is C26H24N2O. The highest BCUT2D eigenvalue weighted by molar-refractivity contribution is 6.02. The summed E-state index contributed by atoms with van der Waals surface area (Å²) < 4.78 is 5.33. The van der Waals surface area contributed by atoms with Crippen molar-refractivity contribution >= 4 is 22.2 Å². The Bertz CT molecular complexity index is 1120. The van der Waals surface area contributed by atoms with Crippen LogP contribution in [0.3, 0.4) is 0 Å². The molecule has 0 N–H and O–H groups in total. The van der Waals surface area contributed by atoms with Crippen molar-refractivity contribution in [1.29, 1.82) is 0 Å². The van der Waals surface area contributed by atoms with E-state index in [1.54, 1.807) is 7.11 Å². The van der Waals surface area contributed by atoms with Gasteiger partial charge in [0.15, 0.2) is 0 Å². The summed E-state index contributed by atoms with van der Waals surface area (Å²) in [7, 11) is 1.69. The maximum Gasteiger partial charge on any atom is 0.119 e. The molecule has 0 saturated carbocycles. The van der Waals surface area contributed by atoms with E-state index in [2.05, 4.69) is 78.7 Å². The Hall–Kier alpha value is -3.59. The minimum atomic E-state index is 0.715. The number of methoxy groups -OCH3 is 1. The Balaban J connectivity index is 1.68. The van der Waals surface area contributed by atoms with Gasteiger partial charge in [-0.15, -0.1) is 0 Å². The first-order valence-electron chi connectivity index (χ1n) is 9.73. The van der Waals surface area contributed by atoms with Crippen LogP contribution in [0.4, 0.5) is 5.69 Å². The lowest BCUT2D eigenvalue weighted by atomic mass is 10.0. The number of hydrogen-bond donors (Lipinski definition) is 0. The maximum atomic E-state index is 5.33. The van der Waals surface area contributed by atoms with E-state index in [0.29, 0.717) is 6.54 Å². The van der Waals surface area contributed by atoms with E-state index in [1.165, 1.54) is 10.9 Å². The molecule has 144 valence electrons. The SMILES string of the molecule is COc1ccc2cc(/C(C)=N/N(Cc3ccccc3)c3ccccc3)ccc2c1. The van der Waals surface area contributed by atoms with Gasteiger partial charge in [0.2, 0.25) is 0 Å². The van der Waals surface area contributed by atoms with Gasteiger partial charge in [-0.3, -0.25) is 5.01 Å². The Kier molecular flexibility index (Phi) is 5.57. The van der Waals surface area contributed by atoms with Gasteiger partial charge in [0.1, 0.15) is 5.75 Å². The van der Waals surface area contributed by atoms with Crippen LogP contribution in [-0.2, 0) is 6.54 Å². The highest BCUT2D eigenvalue weighted by atomic mass is 16.5. The van der Waals surface area contributed by atoms with Crippen molar-refractivity contribution in [1.82, 2.24) is 0 Å². The summed E-state index contributed by atoms with van der Waals surface area (Å²) in [4.78, 5) is 0. The summed E-state index contributed by atoms with van der Waals surface area (Å²) in [6.45, 7) is 2.78. The molecule has 4 rings (SSSR count). The van der Waals surface area contributed by atoms with Crippen LogP contribution >= 0.6 is 0 Å². The Morgan fingerprint density at radius 1 is 0.793 bits per heavy atom. The molecule has 0 amide bonds. The molecule has 3 heteroatoms. The third-order valence-electron chi connectivity index (χ3n) is 4.97. The first kappa shape index (κ1) is 18.8. The first-order valence-corrected chi connectivity index (χ1v) is 9.73. The van der Waals surface area contributed by atoms with Gasteiger partial charge in [-0.1, -0.05) is 66.7 Å². The molecule has 0 unspecified atom stereocenters. The average molecular weight is 380 g/mol. The van der Waals surface area contributed by atoms with E-state index >= 15 is 0 Å². The van der Waals surface area contributed by atoms with Gasteiger partial charge in [0.25, 0.3) is 0 Å². The number of para-hydroxylation sites is 1. The normalized spacial score (nSPS) is 11.4. The Morgan fingerprint density at radius 2 is 1.45 bits per heavy atom. The molecule has 0 aromatic heterocycles. The predicted octanol–water partition coefficient (Wildman–Crippen LogP) is 6.28. The Labute approximate surface area is 171 Å². The highest BCUT2D eigenvalue weighted by Crippen LogP contribution is 2.23. The number of fused-ring (bicyclic) bond motifs is 1. The lowest BCUT2D eigenvalue weighted by Gasteiger charge is -2.21. The molecule has 4 aromatic carbocycles. The van der Waals surface area contributed by atoms with Crippen molar-refractivity contribution in [3.63, 3.8) is 0 Å². The molecule has 0 spiro atoms. The standard InChI is InChI=1S/C26H24N2O/c1-20(22-13-14-24-18-26(29-2)16-15-23(24)17-22)27-28(25-11-7-4-8-12-25)19-21-9-5-3-6-10-21/h3-18H,19H2,1-2H3/b27-20+. The van der Waals surface area contributed by atoms with Crippen LogP contribution in [0.25, 0.3) is 10.8 Å². The molecule has 0 aliphatic rings. The maximum absolute atomic E-state index is 5.33. The third-order valence-corrected chi connectivity index (χ3v) is 4.97. The van der Waals surface area contributed by atoms with Gasteiger partial charge < -0.3 is 4.74 Å². The summed E-state index contributed by atoms with van der Waals surface area (Å²) in [5.74, 6) is 0.869. The molecular weight excluding hydrogens is 356 g/mol. The van der Waals surface area contributed by atoms with E-state index in [9.17, 15) is 0 Å². The lowest BCUT2D eigenvalue weighted by molar-refractivity contribution is 0.415. The molecule has 0 atom stereocenters. The van der Waals surface area contributed by atoms with Crippen molar-refractivity contribution in [3.8, 4) is 5.75 Å². The van der Waals surface area contributed by atoms with Crippen LogP contribution in [0.2, 0.25) is 0 Å². The number of ether oxygens (including phenoxy) is 1. The predicted molar refractivity (Wildman–Crippen MR) is 122 cm³/mol. The smallest absolute Gasteiger partial charge is 0.119 e. The summed E-state index contributed by atoms with van der Waals surface area (Å²) in [6.07, 6.45) is 0. The zero-order valence-electron chi connectivity index (χ0n) is 16.7. The van der Waals surface area contributed by atoms with Crippen molar-refractivity contribution < 1.29 is 4.74 Å². The zero-order valence-corrected chi connectivity index (χ0v) is 16.7. The molecule has 0 aliphatic carbocycles. The number of hydrazone groups is 1. The first-order chi connectivity index (χ1) is 14.2. The van der Waals surface area contributed by atoms with Crippen LogP contribution in [0, 0.1) is 0 Å². The van der Waals surface area contributed by atoms with Gasteiger partial charge in [-0.25, -0.2) is 0 Å². The second-order valence-electron chi connectivity index (χ2n) is 6.99. The molecule has 29 heavy (non-hydrogen) atoms. The van der Waals surface area contributed by atoms with Gasteiger partial charge in [-0.2, -0.15) is 5.10 Å². The fourth-order valence-corrected chi connectivity index (χ4v) is 3.36. The summed E-state index contributed by atoms with van der Waals surface area (Å²) >= 11 is 0. The van der Waals surface area contributed by atoms with Gasteiger partial charge in [-0.05, 0) is 59.2 Å². The van der Waals surface area contributed by atoms with Gasteiger partial charge >= 0.3 is 0 Å². The lowest BCUT2D eigenvalue weighted by Crippen LogP contribution is -2.18. The molecule has 0 bridgehead atoms. The largest absolute Gasteiger partial charge is 0.497 e. The van der Waals surface area contributed by atoms with Gasteiger partial charge in [0.05, 0.1) is 25.1 Å². The monoisotopic (exact) mass is 380 g/mol. The molecule has 4 aromatic rings. The average Bonchev–Trinajstić information content (AvgIpc) is 2.79. The topological polar surface area (TPSA) is 24.8 Å². The van der Waals surface area contributed by atoms with E-state index in [1.807, 2.05) is 30.3 Å². The number of hydrogen-bond acceptors (Lipinski definition) is 3. The second kappa shape index (κ2) is 8.61. The van der Waals surface area contributed by atoms with Crippen molar-refractivity contribution in [2.75, 3.05) is 12.1 Å². The van der Waals surface area contributed by atoms with Crippen LogP contribution in [0.1, 0.15) is 18.1 Å². The number of benzene rings is 4. The van der Waals surface area contributed by atoms with Crippen molar-refractivity contribution in [2.24, 2.45) is 5.10 Å². The van der Waals surface area contributed by atoms with E-state index in [0.717, 1.165) is 28.1 Å². The van der Waals surface area contributed by atoms with E-state index in [4.69, 9.17) is 9.84 Å². The molecule has 0 aliphatic heterocycles. The number of rotatable bonds is 6. The van der Waals surface area contributed by atoms with Crippen LogP contribution in [0.5, 0.6) is 5.75 Å². The van der Waals surface area contributed by atoms with Crippen LogP contribution in [-0.4, -0.2) is 12.8 Å². The highest BCUT2D eigenvalue weighted by Gasteiger charge is 2.08. The van der Waals surface area contributed by atoms with E-state index < -0.39 is 0 Å². The van der Waals surface area contributed by atoms with Crippen LogP contribution < -0.4 is 9.75 Å². The fraction of sp³-hybridized carbons (Fsp3) is 0.115. The number of anilines is 1. The molecule has 0 saturated heterocycles. The molecule has 0 heterocycles. The van der Waals surface area contributed by atoms with E-state index in [-0.39, 0.29) is 0 Å². The van der Waals surface area contributed by atoms with Crippen molar-refractivity contribution in [3.05, 3.63) is 108 Å². The minimum Gasteiger partial charge on any atom is -0.497 e. The number of nitrogens with zero attached hydrogens (tertiary/aromatic N) is 2. The van der Waals surface area contributed by atoms with Crippen LogP contribution in [0.15, 0.2) is 102 Å². The minimum absolute atomic E-state index is 0.715. The van der Waals surface area contributed by atoms with Gasteiger partial charge in [0, 0.05) is 0 Å². The summed E-state index contributed by atoms with van der Waals surface area (Å²) in [5, 5.41) is 9.37. The quantitative estimate of drug-likeness (QED) is 0.290. The summed E-state index contributed by atoms with van der Waals surface area (Å²) in [6, 6.07) is 33.3. The van der Waals surface area contributed by atoms with Crippen molar-refractivity contribution in [2.45, 2.75) is 13.5 Å². The zero-order chi connectivity index (χ0) is 20.1.